The van der Waals surface area contributed by atoms with Crippen LogP contribution in [0.5, 0.6) is 0 Å². The molecule has 3 N–H and O–H groups in total. The lowest BCUT2D eigenvalue weighted by molar-refractivity contribution is -0.115. The van der Waals surface area contributed by atoms with E-state index in [4.69, 9.17) is 5.11 Å². The molecule has 9 heteroatoms. The summed E-state index contributed by atoms with van der Waals surface area (Å²) >= 11 is 3.23. The highest BCUT2D eigenvalue weighted by molar-refractivity contribution is 9.10. The largest absolute Gasteiger partial charge is 0.465 e. The predicted molar refractivity (Wildman–Crippen MR) is 85.4 cm³/mol. The molecule has 0 bridgehead atoms. The summed E-state index contributed by atoms with van der Waals surface area (Å²) in [5.74, 6) is -0.988. The normalized spacial score (nSPS) is 9.96. The molecule has 1 aromatic heterocycles. The van der Waals surface area contributed by atoms with Crippen LogP contribution in [0.3, 0.4) is 0 Å². The van der Waals surface area contributed by atoms with Crippen molar-refractivity contribution in [2.75, 3.05) is 10.6 Å². The van der Waals surface area contributed by atoms with Crippen molar-refractivity contribution in [3.63, 3.8) is 0 Å². The summed E-state index contributed by atoms with van der Waals surface area (Å²) in [6.07, 6.45) is 0.965. The molecule has 0 saturated heterocycles. The lowest BCUT2D eigenvalue weighted by atomic mass is 10.1. The maximum atomic E-state index is 12.0. The van der Waals surface area contributed by atoms with Crippen LogP contribution in [0.1, 0.15) is 16.8 Å². The van der Waals surface area contributed by atoms with E-state index in [-0.39, 0.29) is 16.9 Å². The number of anilines is 2. The number of rotatable bonds is 5. The van der Waals surface area contributed by atoms with E-state index >= 15 is 0 Å². The van der Waals surface area contributed by atoms with Gasteiger partial charge in [-0.15, -0.1) is 0 Å². The first kappa shape index (κ1) is 16.6. The van der Waals surface area contributed by atoms with Gasteiger partial charge in [-0.1, -0.05) is 15.9 Å². The van der Waals surface area contributed by atoms with E-state index in [1.54, 1.807) is 6.07 Å². The Morgan fingerprint density at radius 3 is 2.52 bits per heavy atom. The molecule has 0 aliphatic heterocycles. The smallest absolute Gasteiger partial charge is 0.409 e. The Labute approximate surface area is 139 Å². The first-order valence-corrected chi connectivity index (χ1v) is 7.14. The number of benzene rings is 1. The van der Waals surface area contributed by atoms with Gasteiger partial charge in [0.2, 0.25) is 5.91 Å². The zero-order valence-corrected chi connectivity index (χ0v) is 13.2. The summed E-state index contributed by atoms with van der Waals surface area (Å²) in [5.41, 5.74) is 0.716. The Balaban J connectivity index is 2.09. The van der Waals surface area contributed by atoms with E-state index in [0.717, 1.165) is 0 Å². The fourth-order valence-corrected chi connectivity index (χ4v) is 2.10. The third kappa shape index (κ3) is 4.85. The summed E-state index contributed by atoms with van der Waals surface area (Å²) in [6, 6.07) is 6.10. The van der Waals surface area contributed by atoms with E-state index in [1.807, 2.05) is 0 Å². The summed E-state index contributed by atoms with van der Waals surface area (Å²) in [4.78, 5) is 34.7. The number of halogens is 1. The highest BCUT2D eigenvalue weighted by Gasteiger charge is 2.14. The van der Waals surface area contributed by atoms with Crippen molar-refractivity contribution in [2.45, 2.75) is 6.42 Å². The highest BCUT2D eigenvalue weighted by atomic mass is 79.9. The van der Waals surface area contributed by atoms with Crippen molar-refractivity contribution in [1.82, 2.24) is 10.2 Å². The first-order chi connectivity index (χ1) is 11.0. The second-order valence-electron chi connectivity index (χ2n) is 4.40. The maximum absolute atomic E-state index is 12.0. The number of carboxylic acid groups (broad SMARTS) is 1. The molecule has 0 aliphatic rings. The number of aromatic nitrogens is 2. The molecule has 0 saturated carbocycles. The van der Waals surface area contributed by atoms with Gasteiger partial charge in [-0.05, 0) is 24.3 Å². The molecule has 2 amide bonds. The average molecular weight is 379 g/mol. The van der Waals surface area contributed by atoms with Gasteiger partial charge in [0.05, 0.1) is 30.2 Å². The van der Waals surface area contributed by atoms with Crippen molar-refractivity contribution in [2.24, 2.45) is 0 Å². The molecule has 0 radical (unpaired) electrons. The quantitative estimate of drug-likeness (QED) is 0.542. The number of hydrogen-bond donors (Lipinski definition) is 3. The van der Waals surface area contributed by atoms with Crippen LogP contribution in [-0.4, -0.2) is 33.1 Å². The molecule has 0 spiro atoms. The van der Waals surface area contributed by atoms with Crippen LogP contribution in [0.25, 0.3) is 0 Å². The molecule has 23 heavy (non-hydrogen) atoms. The highest BCUT2D eigenvalue weighted by Crippen LogP contribution is 2.26. The van der Waals surface area contributed by atoms with E-state index in [1.165, 1.54) is 30.6 Å². The van der Waals surface area contributed by atoms with Gasteiger partial charge in [0, 0.05) is 10.0 Å². The topological polar surface area (TPSA) is 121 Å². The lowest BCUT2D eigenvalue weighted by Gasteiger charge is -2.11. The second kappa shape index (κ2) is 7.45. The third-order valence-corrected chi connectivity index (χ3v) is 3.22. The molecule has 0 atom stereocenters. The van der Waals surface area contributed by atoms with Gasteiger partial charge >= 0.3 is 6.09 Å². The van der Waals surface area contributed by atoms with Crippen LogP contribution >= 0.6 is 15.9 Å². The molecule has 0 fully saturated rings. The Kier molecular flexibility index (Phi) is 5.36. The van der Waals surface area contributed by atoms with Gasteiger partial charge in [0.25, 0.3) is 0 Å². The number of ketones is 1. The van der Waals surface area contributed by atoms with E-state index in [2.05, 4.69) is 36.8 Å². The van der Waals surface area contributed by atoms with Crippen molar-refractivity contribution < 1.29 is 19.5 Å². The van der Waals surface area contributed by atoms with Crippen LogP contribution in [0, 0.1) is 0 Å². The minimum Gasteiger partial charge on any atom is -0.465 e. The molecule has 8 nitrogen and oxygen atoms in total. The van der Waals surface area contributed by atoms with Crippen molar-refractivity contribution in [3.8, 4) is 0 Å². The summed E-state index contributed by atoms with van der Waals surface area (Å²) in [7, 11) is 0. The Bertz CT molecular complexity index is 752. The number of amides is 2. The maximum Gasteiger partial charge on any atom is 0.409 e. The molecular weight excluding hydrogens is 368 g/mol. The Morgan fingerprint density at radius 2 is 1.87 bits per heavy atom. The lowest BCUT2D eigenvalue weighted by Crippen LogP contribution is -2.18. The fourth-order valence-electron chi connectivity index (χ4n) is 1.74. The van der Waals surface area contributed by atoms with E-state index < -0.39 is 24.2 Å². The molecule has 0 aliphatic carbocycles. The molecule has 1 aromatic carbocycles. The average Bonchev–Trinajstić information content (AvgIpc) is 2.50. The standard InChI is InChI=1S/C14H11BrN4O4/c15-9-1-2-10(19-14(22)23)11(5-9)18-13(21)6-12(20)8-3-4-16-17-7-8/h1-5,7,19H,6H2,(H,18,21)(H,22,23). The van der Waals surface area contributed by atoms with E-state index in [0.29, 0.717) is 4.47 Å². The monoisotopic (exact) mass is 378 g/mol. The van der Waals surface area contributed by atoms with Gasteiger partial charge < -0.3 is 10.4 Å². The Hall–Kier alpha value is -2.81. The Morgan fingerprint density at radius 1 is 1.09 bits per heavy atom. The van der Waals surface area contributed by atoms with Gasteiger partial charge in [-0.25, -0.2) is 4.79 Å². The minimum atomic E-state index is -1.26. The number of carbonyl (C=O) groups excluding carboxylic acids is 2. The van der Waals surface area contributed by atoms with Gasteiger partial charge in [-0.3, -0.25) is 14.9 Å². The number of Topliss-reactive ketones (excluding diaryl/α,β-unsaturated/α-hetero) is 1. The van der Waals surface area contributed by atoms with Crippen molar-refractivity contribution in [1.29, 1.82) is 0 Å². The zero-order valence-electron chi connectivity index (χ0n) is 11.6. The van der Waals surface area contributed by atoms with Gasteiger partial charge in [-0.2, -0.15) is 10.2 Å². The van der Waals surface area contributed by atoms with Crippen LogP contribution < -0.4 is 10.6 Å². The third-order valence-electron chi connectivity index (χ3n) is 2.72. The fraction of sp³-hybridized carbons (Fsp3) is 0.0714. The molecule has 118 valence electrons. The van der Waals surface area contributed by atoms with Gasteiger partial charge in [0.15, 0.2) is 5.78 Å². The van der Waals surface area contributed by atoms with Crippen molar-refractivity contribution >= 4 is 45.1 Å². The first-order valence-electron chi connectivity index (χ1n) is 6.35. The molecule has 2 aromatic rings. The van der Waals surface area contributed by atoms with Crippen LogP contribution in [0.15, 0.2) is 41.1 Å². The summed E-state index contributed by atoms with van der Waals surface area (Å²) < 4.78 is 0.647. The van der Waals surface area contributed by atoms with E-state index in [9.17, 15) is 14.4 Å². The number of nitrogens with one attached hydrogen (secondary N) is 2. The van der Waals surface area contributed by atoms with Crippen LogP contribution in [0.2, 0.25) is 0 Å². The SMILES string of the molecule is O=C(O)Nc1ccc(Br)cc1NC(=O)CC(=O)c1ccnnc1. The minimum absolute atomic E-state index is 0.201. The van der Waals surface area contributed by atoms with Crippen molar-refractivity contribution in [3.05, 3.63) is 46.7 Å². The zero-order chi connectivity index (χ0) is 16.8. The predicted octanol–water partition coefficient (Wildman–Crippen LogP) is 2.54. The van der Waals surface area contributed by atoms with Crippen LogP contribution in [-0.2, 0) is 4.79 Å². The number of carbonyl (C=O) groups is 3. The second-order valence-corrected chi connectivity index (χ2v) is 5.31. The molecule has 2 rings (SSSR count). The van der Waals surface area contributed by atoms with Gasteiger partial charge in [0.1, 0.15) is 0 Å². The number of hydrogen-bond acceptors (Lipinski definition) is 5. The van der Waals surface area contributed by atoms with Crippen LogP contribution in [0.4, 0.5) is 16.2 Å². The molecule has 0 unspecified atom stereocenters. The molecular formula is C14H11BrN4O4. The summed E-state index contributed by atoms with van der Waals surface area (Å²) in [5, 5.41) is 20.6. The number of nitrogens with zero attached hydrogens (tertiary/aromatic N) is 2. The summed E-state index contributed by atoms with van der Waals surface area (Å²) in [6.45, 7) is 0. The molecule has 1 heterocycles.